The van der Waals surface area contributed by atoms with E-state index in [1.807, 2.05) is 0 Å². The van der Waals surface area contributed by atoms with Crippen LogP contribution in [0.1, 0.15) is 5.56 Å². The number of anilines is 2. The second kappa shape index (κ2) is 6.34. The molecule has 2 amide bonds. The molecule has 0 aliphatic rings. The zero-order valence-corrected chi connectivity index (χ0v) is 11.5. The monoisotopic (exact) mass is 306 g/mol. The Bertz CT molecular complexity index is 651. The predicted molar refractivity (Wildman–Crippen MR) is 80.5 cm³/mol. The fraction of sp³-hybridized carbons (Fsp3) is 0.0625. The number of alkyl halides is 3. The van der Waals surface area contributed by atoms with Crippen molar-refractivity contribution in [2.45, 2.75) is 6.30 Å². The van der Waals surface area contributed by atoms with Crippen LogP contribution in [-0.4, -0.2) is 12.3 Å². The van der Waals surface area contributed by atoms with Crippen LogP contribution in [-0.2, 0) is 0 Å². The van der Waals surface area contributed by atoms with Crippen LogP contribution in [0.2, 0.25) is 0 Å². The molecular weight excluding hydrogens is 293 g/mol. The second-order valence-electron chi connectivity index (χ2n) is 4.40. The van der Waals surface area contributed by atoms with Crippen molar-refractivity contribution in [3.8, 4) is 0 Å². The summed E-state index contributed by atoms with van der Waals surface area (Å²) in [5.41, 5.74) is 0.810. The molecule has 0 fully saturated rings. The highest BCUT2D eigenvalue weighted by Gasteiger charge is 2.42. The minimum absolute atomic E-state index is 0.242. The van der Waals surface area contributed by atoms with Gasteiger partial charge in [-0.15, -0.1) is 13.2 Å². The van der Waals surface area contributed by atoms with Crippen LogP contribution in [0.3, 0.4) is 0 Å². The lowest BCUT2D eigenvalue weighted by molar-refractivity contribution is -0.120. The van der Waals surface area contributed by atoms with E-state index in [2.05, 4.69) is 11.9 Å². The van der Waals surface area contributed by atoms with Gasteiger partial charge in [0.15, 0.2) is 0 Å². The number of amides is 2. The Morgan fingerprint density at radius 1 is 1.05 bits per heavy atom. The number of nitrogens with one attached hydrogen (secondary N) is 1. The lowest BCUT2D eigenvalue weighted by atomic mass is 10.2. The van der Waals surface area contributed by atoms with Crippen molar-refractivity contribution in [3.05, 3.63) is 66.7 Å². The standard InChI is InChI=1S/C16H13F3N2O/c1-2-12-8-10-13(11-9-12)20-15(22)21(16(17,18)19)14-6-4-3-5-7-14/h2-11H,1H2,(H,20,22). The Morgan fingerprint density at radius 2 is 1.64 bits per heavy atom. The van der Waals surface area contributed by atoms with Crippen LogP contribution in [0, 0.1) is 0 Å². The summed E-state index contributed by atoms with van der Waals surface area (Å²) in [7, 11) is 0. The number of halogens is 3. The van der Waals surface area contributed by atoms with Crippen LogP contribution in [0.4, 0.5) is 29.3 Å². The van der Waals surface area contributed by atoms with Crippen molar-refractivity contribution in [1.82, 2.24) is 0 Å². The number of hydrogen-bond acceptors (Lipinski definition) is 1. The highest BCUT2D eigenvalue weighted by Crippen LogP contribution is 2.29. The van der Waals surface area contributed by atoms with Gasteiger partial charge in [0.2, 0.25) is 0 Å². The van der Waals surface area contributed by atoms with Crippen LogP contribution >= 0.6 is 0 Å². The summed E-state index contributed by atoms with van der Waals surface area (Å²) in [6.45, 7) is 3.58. The first-order valence-corrected chi connectivity index (χ1v) is 6.37. The van der Waals surface area contributed by atoms with Gasteiger partial charge in [-0.2, -0.15) is 0 Å². The van der Waals surface area contributed by atoms with Gasteiger partial charge in [-0.1, -0.05) is 43.0 Å². The van der Waals surface area contributed by atoms with Crippen molar-refractivity contribution >= 4 is 23.5 Å². The van der Waals surface area contributed by atoms with E-state index in [1.54, 1.807) is 24.3 Å². The van der Waals surface area contributed by atoms with Gasteiger partial charge in [-0.3, -0.25) is 0 Å². The number of para-hydroxylation sites is 1. The van der Waals surface area contributed by atoms with Crippen molar-refractivity contribution in [3.63, 3.8) is 0 Å². The van der Waals surface area contributed by atoms with Crippen molar-refractivity contribution < 1.29 is 18.0 Å². The number of benzene rings is 2. The molecule has 22 heavy (non-hydrogen) atoms. The molecule has 0 radical (unpaired) electrons. The van der Waals surface area contributed by atoms with E-state index >= 15 is 0 Å². The number of carbonyl (C=O) groups excluding carboxylic acids is 1. The molecular formula is C16H13F3N2O. The van der Waals surface area contributed by atoms with E-state index in [0.29, 0.717) is 0 Å². The number of urea groups is 1. The van der Waals surface area contributed by atoms with Crippen molar-refractivity contribution in [1.29, 1.82) is 0 Å². The molecule has 2 rings (SSSR count). The third-order valence-electron chi connectivity index (χ3n) is 2.87. The first-order valence-electron chi connectivity index (χ1n) is 6.37. The summed E-state index contributed by atoms with van der Waals surface area (Å²) in [6, 6.07) is 11.9. The first kappa shape index (κ1) is 15.6. The van der Waals surface area contributed by atoms with Gasteiger partial charge in [0, 0.05) is 5.69 Å². The molecule has 0 aliphatic carbocycles. The van der Waals surface area contributed by atoms with Gasteiger partial charge < -0.3 is 5.32 Å². The van der Waals surface area contributed by atoms with Gasteiger partial charge in [0.25, 0.3) is 0 Å². The maximum absolute atomic E-state index is 13.1. The molecule has 6 heteroatoms. The lowest BCUT2D eigenvalue weighted by Crippen LogP contribution is -2.45. The van der Waals surface area contributed by atoms with Gasteiger partial charge in [-0.05, 0) is 29.8 Å². The minimum atomic E-state index is -4.83. The van der Waals surface area contributed by atoms with Gasteiger partial charge in [0.1, 0.15) is 0 Å². The molecule has 0 spiro atoms. The van der Waals surface area contributed by atoms with Gasteiger partial charge in [0.05, 0.1) is 5.69 Å². The highest BCUT2D eigenvalue weighted by atomic mass is 19.4. The van der Waals surface area contributed by atoms with E-state index < -0.39 is 12.3 Å². The molecule has 2 aromatic rings. The summed E-state index contributed by atoms with van der Waals surface area (Å²) < 4.78 is 39.4. The number of carbonyl (C=O) groups is 1. The topological polar surface area (TPSA) is 32.3 Å². The molecule has 0 aliphatic heterocycles. The second-order valence-corrected chi connectivity index (χ2v) is 4.40. The Labute approximate surface area is 125 Å². The van der Waals surface area contributed by atoms with Gasteiger partial charge >= 0.3 is 12.3 Å². The highest BCUT2D eigenvalue weighted by molar-refractivity contribution is 6.02. The summed E-state index contributed by atoms with van der Waals surface area (Å²) in [5, 5.41) is 2.23. The smallest absolute Gasteiger partial charge is 0.307 e. The third-order valence-corrected chi connectivity index (χ3v) is 2.87. The Kier molecular flexibility index (Phi) is 4.50. The zero-order valence-electron chi connectivity index (χ0n) is 11.5. The number of rotatable bonds is 3. The lowest BCUT2D eigenvalue weighted by Gasteiger charge is -2.25. The molecule has 0 heterocycles. The third kappa shape index (κ3) is 3.66. The molecule has 1 N–H and O–H groups in total. The van der Waals surface area contributed by atoms with E-state index in [1.165, 1.54) is 36.4 Å². The molecule has 2 aromatic carbocycles. The average Bonchev–Trinajstić information content (AvgIpc) is 2.48. The summed E-state index contributed by atoms with van der Waals surface area (Å²) in [5.74, 6) is 0. The molecule has 114 valence electrons. The van der Waals surface area contributed by atoms with E-state index in [0.717, 1.165) is 5.56 Å². The van der Waals surface area contributed by atoms with Crippen LogP contribution in [0.5, 0.6) is 0 Å². The van der Waals surface area contributed by atoms with E-state index in [9.17, 15) is 18.0 Å². The fourth-order valence-corrected chi connectivity index (χ4v) is 1.84. The maximum atomic E-state index is 13.1. The first-order chi connectivity index (χ1) is 10.4. The zero-order chi connectivity index (χ0) is 16.2. The maximum Gasteiger partial charge on any atom is 0.493 e. The normalized spacial score (nSPS) is 10.9. The molecule has 0 unspecified atom stereocenters. The van der Waals surface area contributed by atoms with E-state index in [4.69, 9.17) is 0 Å². The van der Waals surface area contributed by atoms with Crippen LogP contribution in [0.25, 0.3) is 6.08 Å². The summed E-state index contributed by atoms with van der Waals surface area (Å²) in [4.78, 5) is 11.7. The molecule has 0 atom stereocenters. The van der Waals surface area contributed by atoms with Crippen LogP contribution < -0.4 is 10.2 Å². The summed E-state index contributed by atoms with van der Waals surface area (Å²) >= 11 is 0. The summed E-state index contributed by atoms with van der Waals surface area (Å²) in [6.07, 6.45) is -3.23. The minimum Gasteiger partial charge on any atom is -0.307 e. The molecule has 0 bridgehead atoms. The molecule has 0 aromatic heterocycles. The molecule has 3 nitrogen and oxygen atoms in total. The van der Waals surface area contributed by atoms with Crippen molar-refractivity contribution in [2.24, 2.45) is 0 Å². The average molecular weight is 306 g/mol. The Balaban J connectivity index is 2.24. The Hall–Kier alpha value is -2.76. The molecule has 0 saturated carbocycles. The fourth-order valence-electron chi connectivity index (χ4n) is 1.84. The predicted octanol–water partition coefficient (Wildman–Crippen LogP) is 4.89. The van der Waals surface area contributed by atoms with E-state index in [-0.39, 0.29) is 16.3 Å². The van der Waals surface area contributed by atoms with Crippen molar-refractivity contribution in [2.75, 3.05) is 10.2 Å². The Morgan fingerprint density at radius 3 is 2.14 bits per heavy atom. The van der Waals surface area contributed by atoms with Gasteiger partial charge in [-0.25, -0.2) is 9.69 Å². The number of nitrogens with zero attached hydrogens (tertiary/aromatic N) is 1. The quantitative estimate of drug-likeness (QED) is 0.805. The van der Waals surface area contributed by atoms with Crippen LogP contribution in [0.15, 0.2) is 61.2 Å². The molecule has 0 saturated heterocycles. The number of hydrogen-bond donors (Lipinski definition) is 1. The SMILES string of the molecule is C=Cc1ccc(NC(=O)N(c2ccccc2)C(F)(F)F)cc1. The largest absolute Gasteiger partial charge is 0.493 e.